The van der Waals surface area contributed by atoms with Crippen LogP contribution in [0, 0.1) is 12.3 Å². The average molecular weight is 263 g/mol. The third kappa shape index (κ3) is 3.07. The molecule has 0 saturated heterocycles. The van der Waals surface area contributed by atoms with Gasteiger partial charge < -0.3 is 0 Å². The van der Waals surface area contributed by atoms with Crippen LogP contribution in [0.1, 0.15) is 26.3 Å². The second kappa shape index (κ2) is 5.06. The fourth-order valence-corrected chi connectivity index (χ4v) is 2.40. The molecule has 0 aliphatic carbocycles. The van der Waals surface area contributed by atoms with Crippen molar-refractivity contribution in [3.8, 4) is 5.82 Å². The van der Waals surface area contributed by atoms with Crippen LogP contribution >= 0.6 is 11.8 Å². The van der Waals surface area contributed by atoms with Crippen LogP contribution in [-0.2, 0) is 0 Å². The highest BCUT2D eigenvalue weighted by molar-refractivity contribution is 7.99. The number of hydrogen-bond donors (Lipinski definition) is 0. The molecule has 0 fully saturated rings. The van der Waals surface area contributed by atoms with Crippen molar-refractivity contribution in [2.75, 3.05) is 5.75 Å². The Hall–Kier alpha value is -1.43. The Morgan fingerprint density at radius 1 is 1.22 bits per heavy atom. The van der Waals surface area contributed by atoms with E-state index in [4.69, 9.17) is 0 Å². The van der Waals surface area contributed by atoms with Gasteiger partial charge >= 0.3 is 0 Å². The molecule has 6 heteroatoms. The molecule has 0 atom stereocenters. The summed E-state index contributed by atoms with van der Waals surface area (Å²) in [4.78, 5) is 12.5. The smallest absolute Gasteiger partial charge is 0.162 e. The fourth-order valence-electron chi connectivity index (χ4n) is 1.40. The monoisotopic (exact) mass is 263 g/mol. The summed E-state index contributed by atoms with van der Waals surface area (Å²) in [5, 5.41) is 5.11. The van der Waals surface area contributed by atoms with E-state index in [2.05, 4.69) is 40.8 Å². The highest BCUT2D eigenvalue weighted by Crippen LogP contribution is 2.28. The summed E-state index contributed by atoms with van der Waals surface area (Å²) in [6, 6.07) is 0. The van der Waals surface area contributed by atoms with Gasteiger partial charge in [-0.3, -0.25) is 0 Å². The molecule has 0 N–H and O–H groups in total. The first-order valence-electron chi connectivity index (χ1n) is 5.77. The van der Waals surface area contributed by atoms with Crippen LogP contribution in [0.25, 0.3) is 5.82 Å². The molecule has 0 radical (unpaired) electrons. The van der Waals surface area contributed by atoms with Crippen LogP contribution in [0.3, 0.4) is 0 Å². The van der Waals surface area contributed by atoms with Crippen LogP contribution in [0.15, 0.2) is 24.0 Å². The highest BCUT2D eigenvalue weighted by Gasteiger charge is 2.14. The largest absolute Gasteiger partial charge is 0.230 e. The molecule has 0 aliphatic rings. The predicted molar refractivity (Wildman–Crippen MR) is 71.9 cm³/mol. The van der Waals surface area contributed by atoms with Crippen molar-refractivity contribution in [1.29, 1.82) is 0 Å². The molecule has 18 heavy (non-hydrogen) atoms. The van der Waals surface area contributed by atoms with Crippen molar-refractivity contribution in [2.24, 2.45) is 5.41 Å². The van der Waals surface area contributed by atoms with Gasteiger partial charge in [0.05, 0.1) is 0 Å². The minimum absolute atomic E-state index is 0.273. The van der Waals surface area contributed by atoms with Gasteiger partial charge in [-0.05, 0) is 12.3 Å². The molecule has 0 spiro atoms. The molecular formula is C12H17N5S. The second-order valence-electron chi connectivity index (χ2n) is 5.32. The normalized spacial score (nSPS) is 11.8. The minimum Gasteiger partial charge on any atom is -0.230 e. The standard InChI is InChI=1S/C12H17N5S/c1-9-10(17-8-13-6-16-17)14-7-15-11(9)18-5-12(2,3)4/h6-8H,5H2,1-4H3. The number of nitrogens with zero attached hydrogens (tertiary/aromatic N) is 5. The molecule has 2 rings (SSSR count). The number of aromatic nitrogens is 5. The van der Waals surface area contributed by atoms with Gasteiger partial charge in [0, 0.05) is 11.3 Å². The lowest BCUT2D eigenvalue weighted by Crippen LogP contribution is -2.09. The van der Waals surface area contributed by atoms with Crippen LogP contribution < -0.4 is 0 Å². The molecule has 2 heterocycles. The minimum atomic E-state index is 0.273. The van der Waals surface area contributed by atoms with Crippen LogP contribution in [0.2, 0.25) is 0 Å². The molecule has 96 valence electrons. The summed E-state index contributed by atoms with van der Waals surface area (Å²) < 4.78 is 1.66. The summed E-state index contributed by atoms with van der Waals surface area (Å²) in [5.41, 5.74) is 1.31. The number of hydrogen-bond acceptors (Lipinski definition) is 5. The van der Waals surface area contributed by atoms with Gasteiger partial charge in [0.15, 0.2) is 5.82 Å². The number of thioether (sulfide) groups is 1. The van der Waals surface area contributed by atoms with E-state index in [1.165, 1.54) is 6.33 Å². The third-order valence-electron chi connectivity index (χ3n) is 2.29. The average Bonchev–Trinajstić information content (AvgIpc) is 2.80. The molecule has 0 unspecified atom stereocenters. The maximum Gasteiger partial charge on any atom is 0.162 e. The van der Waals surface area contributed by atoms with E-state index in [-0.39, 0.29) is 5.41 Å². The van der Waals surface area contributed by atoms with Gasteiger partial charge in [-0.15, -0.1) is 11.8 Å². The van der Waals surface area contributed by atoms with Crippen LogP contribution in [0.4, 0.5) is 0 Å². The lowest BCUT2D eigenvalue weighted by Gasteiger charge is -2.17. The molecule has 2 aromatic rings. The van der Waals surface area contributed by atoms with E-state index in [9.17, 15) is 0 Å². The topological polar surface area (TPSA) is 56.5 Å². The van der Waals surface area contributed by atoms with Crippen molar-refractivity contribution in [3.63, 3.8) is 0 Å². The Morgan fingerprint density at radius 2 is 2.00 bits per heavy atom. The number of rotatable bonds is 3. The zero-order valence-corrected chi connectivity index (χ0v) is 11.9. The molecule has 0 aromatic carbocycles. The Kier molecular flexibility index (Phi) is 3.65. The van der Waals surface area contributed by atoms with Gasteiger partial charge in [0.2, 0.25) is 0 Å². The second-order valence-corrected chi connectivity index (χ2v) is 6.28. The SMILES string of the molecule is Cc1c(SCC(C)(C)C)ncnc1-n1cncn1. The van der Waals surface area contributed by atoms with Gasteiger partial charge in [-0.25, -0.2) is 19.6 Å². The quantitative estimate of drug-likeness (QED) is 0.629. The lowest BCUT2D eigenvalue weighted by molar-refractivity contribution is 0.480. The first-order valence-corrected chi connectivity index (χ1v) is 6.75. The van der Waals surface area contributed by atoms with Crippen molar-refractivity contribution < 1.29 is 0 Å². The predicted octanol–water partition coefficient (Wildman–Crippen LogP) is 2.50. The molecule has 0 aliphatic heterocycles. The van der Waals surface area contributed by atoms with Crippen molar-refractivity contribution in [1.82, 2.24) is 24.7 Å². The summed E-state index contributed by atoms with van der Waals surface area (Å²) in [6.45, 7) is 8.67. The van der Waals surface area contributed by atoms with Gasteiger partial charge in [-0.2, -0.15) is 5.10 Å². The fraction of sp³-hybridized carbons (Fsp3) is 0.500. The summed E-state index contributed by atoms with van der Waals surface area (Å²) in [5.74, 6) is 1.81. The first-order chi connectivity index (χ1) is 8.47. The lowest BCUT2D eigenvalue weighted by atomic mass is 10.0. The van der Waals surface area contributed by atoms with Crippen molar-refractivity contribution in [3.05, 3.63) is 24.5 Å². The molecule has 0 amide bonds. The molecule has 5 nitrogen and oxygen atoms in total. The summed E-state index contributed by atoms with van der Waals surface area (Å²) >= 11 is 1.75. The van der Waals surface area contributed by atoms with Gasteiger partial charge in [0.1, 0.15) is 24.0 Å². The van der Waals surface area contributed by atoms with Gasteiger partial charge in [-0.1, -0.05) is 20.8 Å². The van der Waals surface area contributed by atoms with E-state index >= 15 is 0 Å². The van der Waals surface area contributed by atoms with E-state index < -0.39 is 0 Å². The van der Waals surface area contributed by atoms with Crippen LogP contribution in [-0.4, -0.2) is 30.5 Å². The summed E-state index contributed by atoms with van der Waals surface area (Å²) in [6.07, 6.45) is 4.73. The van der Waals surface area contributed by atoms with E-state index in [1.807, 2.05) is 6.92 Å². The van der Waals surface area contributed by atoms with Gasteiger partial charge in [0.25, 0.3) is 0 Å². The Bertz CT molecular complexity index is 516. The molecular weight excluding hydrogens is 246 g/mol. The highest BCUT2D eigenvalue weighted by atomic mass is 32.2. The zero-order chi connectivity index (χ0) is 13.2. The van der Waals surface area contributed by atoms with Crippen LogP contribution in [0.5, 0.6) is 0 Å². The Labute approximate surface area is 111 Å². The molecule has 0 saturated carbocycles. The van der Waals surface area contributed by atoms with Crippen molar-refractivity contribution in [2.45, 2.75) is 32.7 Å². The van der Waals surface area contributed by atoms with Crippen molar-refractivity contribution >= 4 is 11.8 Å². The zero-order valence-electron chi connectivity index (χ0n) is 11.1. The van der Waals surface area contributed by atoms with E-state index in [0.29, 0.717) is 0 Å². The Balaban J connectivity index is 2.25. The van der Waals surface area contributed by atoms with E-state index in [1.54, 1.807) is 29.1 Å². The van der Waals surface area contributed by atoms with E-state index in [0.717, 1.165) is 22.2 Å². The maximum atomic E-state index is 4.34. The Morgan fingerprint density at radius 3 is 2.61 bits per heavy atom. The first kappa shape index (κ1) is 13.0. The molecule has 2 aromatic heterocycles. The maximum absolute atomic E-state index is 4.34. The summed E-state index contributed by atoms with van der Waals surface area (Å²) in [7, 11) is 0. The molecule has 0 bridgehead atoms. The third-order valence-corrected chi connectivity index (χ3v) is 3.98.